The molecule has 12 heteroatoms. The second-order valence-electron chi connectivity index (χ2n) is 5.67. The molecule has 0 aliphatic carbocycles. The summed E-state index contributed by atoms with van der Waals surface area (Å²) in [6.07, 6.45) is -1.94. The van der Waals surface area contributed by atoms with Crippen molar-refractivity contribution in [2.75, 3.05) is 5.73 Å². The average molecular weight is 384 g/mol. The molecule has 0 radical (unpaired) electrons. The number of imidazole rings is 1. The third-order valence-electron chi connectivity index (χ3n) is 4.12. The summed E-state index contributed by atoms with van der Waals surface area (Å²) in [5.41, 5.74) is 11.1. The van der Waals surface area contributed by atoms with Crippen molar-refractivity contribution in [3.63, 3.8) is 0 Å². The van der Waals surface area contributed by atoms with E-state index in [4.69, 9.17) is 40.0 Å². The third-order valence-corrected chi connectivity index (χ3v) is 4.50. The van der Waals surface area contributed by atoms with E-state index in [2.05, 4.69) is 31.4 Å². The summed E-state index contributed by atoms with van der Waals surface area (Å²) < 4.78 is 7.47. The number of aromatic nitrogens is 4. The first-order valence-electron chi connectivity index (χ1n) is 7.13. The molecule has 0 saturated carbocycles. The van der Waals surface area contributed by atoms with Crippen molar-refractivity contribution in [2.45, 2.75) is 36.9 Å². The van der Waals surface area contributed by atoms with Gasteiger partial charge in [-0.25, -0.2) is 9.97 Å². The van der Waals surface area contributed by atoms with E-state index in [1.54, 1.807) is 0 Å². The van der Waals surface area contributed by atoms with E-state index in [1.807, 2.05) is 0 Å². The lowest BCUT2D eigenvalue weighted by Gasteiger charge is -2.27. The number of anilines is 1. The largest absolute Gasteiger partial charge is 0.387 e. The van der Waals surface area contributed by atoms with Gasteiger partial charge in [0.05, 0.1) is 6.33 Å². The summed E-state index contributed by atoms with van der Waals surface area (Å²) in [5.74, 6) is 2.62. The van der Waals surface area contributed by atoms with Gasteiger partial charge in [0.2, 0.25) is 0 Å². The van der Waals surface area contributed by atoms with Crippen molar-refractivity contribution in [3.8, 4) is 11.3 Å². The van der Waals surface area contributed by atoms with Crippen molar-refractivity contribution in [2.24, 2.45) is 10.9 Å². The van der Waals surface area contributed by atoms with E-state index in [9.17, 15) is 10.0 Å². The van der Waals surface area contributed by atoms with Crippen LogP contribution in [-0.4, -0.2) is 48.4 Å². The molecule has 0 amide bonds. The fraction of sp³-hybridized carbons (Fsp3) is 0.462. The topological polar surface area (TPSA) is 157 Å². The molecule has 1 aliphatic heterocycles. The number of aliphatic hydroxyl groups is 1. The maximum absolute atomic E-state index is 10.9. The van der Waals surface area contributed by atoms with Crippen molar-refractivity contribution in [1.29, 1.82) is 0 Å². The SMILES string of the molecule is C[C@H](N=O)[C@H]1O[C@@H](n2cnc3c(=S)nc(N)[nH]c32)[C@@](N)(C#CCl)C1O. The number of nitrogen functional groups attached to an aromatic ring is 1. The number of aromatic amines is 1. The number of hydrogen-bond donors (Lipinski definition) is 4. The highest BCUT2D eigenvalue weighted by molar-refractivity contribution is 7.71. The van der Waals surface area contributed by atoms with Gasteiger partial charge in [-0.3, -0.25) is 4.57 Å². The molecule has 0 aromatic carbocycles. The Bertz CT molecular complexity index is 950. The zero-order valence-electron chi connectivity index (χ0n) is 12.9. The van der Waals surface area contributed by atoms with Gasteiger partial charge in [0.1, 0.15) is 29.4 Å². The number of nitroso groups, excluding NO2 is 1. The van der Waals surface area contributed by atoms with Crippen LogP contribution >= 0.6 is 23.8 Å². The molecule has 1 fully saturated rings. The van der Waals surface area contributed by atoms with Crippen LogP contribution in [0, 0.1) is 20.8 Å². The van der Waals surface area contributed by atoms with E-state index >= 15 is 0 Å². The molecule has 0 spiro atoms. The van der Waals surface area contributed by atoms with Gasteiger partial charge in [0.15, 0.2) is 22.4 Å². The molecule has 2 aromatic heterocycles. The molecule has 1 unspecified atom stereocenters. The van der Waals surface area contributed by atoms with Crippen LogP contribution in [0.4, 0.5) is 5.95 Å². The quantitative estimate of drug-likeness (QED) is 0.336. The van der Waals surface area contributed by atoms with E-state index in [1.165, 1.54) is 17.8 Å². The predicted octanol–water partition coefficient (Wildman–Crippen LogP) is 0.381. The van der Waals surface area contributed by atoms with Gasteiger partial charge in [-0.2, -0.15) is 4.91 Å². The van der Waals surface area contributed by atoms with Crippen LogP contribution in [0.1, 0.15) is 13.2 Å². The first-order chi connectivity index (χ1) is 11.8. The van der Waals surface area contributed by atoms with Crippen molar-refractivity contribution in [1.82, 2.24) is 19.5 Å². The van der Waals surface area contributed by atoms with Crippen LogP contribution in [0.3, 0.4) is 0 Å². The molecule has 25 heavy (non-hydrogen) atoms. The highest BCUT2D eigenvalue weighted by Crippen LogP contribution is 2.39. The molecular weight excluding hydrogens is 370 g/mol. The molecule has 1 aliphatic rings. The predicted molar refractivity (Wildman–Crippen MR) is 92.8 cm³/mol. The molecule has 132 valence electrons. The molecule has 2 aromatic rings. The molecule has 3 rings (SSSR count). The number of ether oxygens (including phenoxy) is 1. The number of aliphatic hydroxyl groups excluding tert-OH is 1. The fourth-order valence-corrected chi connectivity index (χ4v) is 3.25. The van der Waals surface area contributed by atoms with Crippen molar-refractivity contribution >= 4 is 40.9 Å². The molecule has 10 nitrogen and oxygen atoms in total. The van der Waals surface area contributed by atoms with E-state index in [0.717, 1.165) is 0 Å². The number of nitrogens with two attached hydrogens (primary N) is 2. The summed E-state index contributed by atoms with van der Waals surface area (Å²) in [7, 11) is 0. The van der Waals surface area contributed by atoms with Crippen LogP contribution in [0.15, 0.2) is 11.5 Å². The maximum atomic E-state index is 10.9. The Morgan fingerprint density at radius 1 is 1.68 bits per heavy atom. The van der Waals surface area contributed by atoms with Gasteiger partial charge >= 0.3 is 0 Å². The van der Waals surface area contributed by atoms with Gasteiger partial charge in [-0.05, 0) is 18.5 Å². The van der Waals surface area contributed by atoms with Crippen LogP contribution in [0.5, 0.6) is 0 Å². The zero-order valence-corrected chi connectivity index (χ0v) is 14.5. The minimum Gasteiger partial charge on any atom is -0.387 e. The molecule has 0 bridgehead atoms. The standard InChI is InChI=1S/C13H14ClN7O3S/c1-5(20-23)7-8(22)13(16,2-3-14)11(24-7)21-4-17-6-9(21)18-12(15)19-10(6)25/h4-5,7-8,11,22H,16H2,1H3,(H3,15,18,19,25)/t5-,7+,8?,11+,13+/m0/s1. The Morgan fingerprint density at radius 2 is 2.40 bits per heavy atom. The second-order valence-corrected chi connectivity index (χ2v) is 6.25. The van der Waals surface area contributed by atoms with Crippen LogP contribution in [0.2, 0.25) is 0 Å². The number of rotatable bonds is 3. The third kappa shape index (κ3) is 2.68. The first kappa shape index (κ1) is 17.7. The first-order valence-corrected chi connectivity index (χ1v) is 7.92. The summed E-state index contributed by atoms with van der Waals surface area (Å²) in [6.45, 7) is 1.50. The fourth-order valence-electron chi connectivity index (χ4n) is 2.84. The Balaban J connectivity index is 2.19. The minimum atomic E-state index is -1.62. The lowest BCUT2D eigenvalue weighted by Crippen LogP contribution is -2.54. The van der Waals surface area contributed by atoms with Crippen LogP contribution in [0.25, 0.3) is 11.2 Å². The number of nitrogens with one attached hydrogen (secondary N) is 1. The molecule has 6 N–H and O–H groups in total. The molecular formula is C13H14ClN7O3S. The van der Waals surface area contributed by atoms with Gasteiger partial charge in [-0.15, -0.1) is 0 Å². The Kier molecular flexibility index (Phi) is 4.48. The van der Waals surface area contributed by atoms with Crippen molar-refractivity contribution in [3.05, 3.63) is 15.9 Å². The minimum absolute atomic E-state index is 0.0725. The molecule has 1 saturated heterocycles. The van der Waals surface area contributed by atoms with Crippen molar-refractivity contribution < 1.29 is 9.84 Å². The lowest BCUT2D eigenvalue weighted by atomic mass is 9.90. The number of H-pyrrole nitrogens is 1. The summed E-state index contributed by atoms with van der Waals surface area (Å²) >= 11 is 10.7. The Hall–Kier alpha value is -2.10. The van der Waals surface area contributed by atoms with Gasteiger partial charge < -0.3 is 26.3 Å². The highest BCUT2D eigenvalue weighted by Gasteiger charge is 2.56. The summed E-state index contributed by atoms with van der Waals surface area (Å²) in [4.78, 5) is 21.8. The summed E-state index contributed by atoms with van der Waals surface area (Å²) in [5, 5.41) is 15.6. The van der Waals surface area contributed by atoms with E-state index in [0.29, 0.717) is 11.2 Å². The number of fused-ring (bicyclic) bond motifs is 1. The van der Waals surface area contributed by atoms with Gasteiger partial charge in [0.25, 0.3) is 0 Å². The normalized spacial score (nSPS) is 30.0. The number of halogens is 1. The van der Waals surface area contributed by atoms with Crippen LogP contribution < -0.4 is 11.5 Å². The smallest absolute Gasteiger partial charge is 0.200 e. The number of nitrogens with zero attached hydrogens (tertiary/aromatic N) is 4. The summed E-state index contributed by atoms with van der Waals surface area (Å²) in [6, 6.07) is -0.861. The zero-order chi connectivity index (χ0) is 18.4. The maximum Gasteiger partial charge on any atom is 0.200 e. The van der Waals surface area contributed by atoms with Crippen LogP contribution in [-0.2, 0) is 4.74 Å². The van der Waals surface area contributed by atoms with Gasteiger partial charge in [-0.1, -0.05) is 23.3 Å². The highest BCUT2D eigenvalue weighted by atomic mass is 35.5. The van der Waals surface area contributed by atoms with E-state index in [-0.39, 0.29) is 10.6 Å². The van der Waals surface area contributed by atoms with Gasteiger partial charge in [0, 0.05) is 5.38 Å². The lowest BCUT2D eigenvalue weighted by molar-refractivity contribution is -0.0289. The molecule has 5 atom stereocenters. The Morgan fingerprint density at radius 3 is 3.04 bits per heavy atom. The Labute approximate surface area is 151 Å². The second kappa shape index (κ2) is 6.32. The monoisotopic (exact) mass is 383 g/mol. The molecule has 3 heterocycles. The van der Waals surface area contributed by atoms with E-state index < -0.39 is 30.0 Å². The number of hydrogen-bond acceptors (Lipinski definition) is 9. The average Bonchev–Trinajstić information content (AvgIpc) is 3.08.